The highest BCUT2D eigenvalue weighted by Crippen LogP contribution is 2.37. The number of pyridine rings is 1. The van der Waals surface area contributed by atoms with E-state index in [0.29, 0.717) is 22.6 Å². The van der Waals surface area contributed by atoms with Gasteiger partial charge in [-0.3, -0.25) is 4.79 Å². The summed E-state index contributed by atoms with van der Waals surface area (Å²) in [5.41, 5.74) is 2.87. The number of fused-ring (bicyclic) bond motifs is 1. The largest absolute Gasteiger partial charge is 0.349 e. The van der Waals surface area contributed by atoms with Crippen molar-refractivity contribution in [2.45, 2.75) is 24.8 Å². The molecule has 2 heterocycles. The van der Waals surface area contributed by atoms with Crippen LogP contribution in [0.4, 0.5) is 0 Å². The molecule has 0 radical (unpaired) electrons. The highest BCUT2D eigenvalue weighted by molar-refractivity contribution is 6.30. The van der Waals surface area contributed by atoms with Crippen molar-refractivity contribution in [1.29, 1.82) is 0 Å². The van der Waals surface area contributed by atoms with E-state index < -0.39 is 0 Å². The van der Waals surface area contributed by atoms with Gasteiger partial charge in [-0.2, -0.15) is 10.3 Å². The van der Waals surface area contributed by atoms with Crippen molar-refractivity contribution in [2.75, 3.05) is 0 Å². The zero-order chi connectivity index (χ0) is 15.8. The molecule has 1 aliphatic carbocycles. The summed E-state index contributed by atoms with van der Waals surface area (Å²) in [6.45, 7) is 0. The van der Waals surface area contributed by atoms with E-state index in [9.17, 15) is 4.79 Å². The molecule has 1 aliphatic rings. The van der Waals surface area contributed by atoms with Gasteiger partial charge in [0.2, 0.25) is 5.65 Å². The van der Waals surface area contributed by atoms with Crippen LogP contribution >= 0.6 is 11.6 Å². The van der Waals surface area contributed by atoms with Crippen molar-refractivity contribution in [1.82, 2.24) is 25.7 Å². The van der Waals surface area contributed by atoms with Crippen LogP contribution in [0.5, 0.6) is 0 Å². The molecule has 1 aromatic carbocycles. The molecule has 6 nitrogen and oxygen atoms in total. The fourth-order valence-corrected chi connectivity index (χ4v) is 3.00. The van der Waals surface area contributed by atoms with Crippen LogP contribution < -0.4 is 5.32 Å². The maximum atomic E-state index is 12.3. The summed E-state index contributed by atoms with van der Waals surface area (Å²) in [5, 5.41) is 14.1. The zero-order valence-corrected chi connectivity index (χ0v) is 12.9. The summed E-state index contributed by atoms with van der Waals surface area (Å²) in [6, 6.07) is 9.79. The molecular formula is C16H14ClN5O. The molecule has 4 rings (SSSR count). The SMILES string of the molecule is O=C(NC1CC(c2ccc(Cl)cc2)C1)c1cnc2n[nH]nc2c1. The topological polar surface area (TPSA) is 83.6 Å². The minimum atomic E-state index is -0.123. The Morgan fingerprint density at radius 2 is 2.00 bits per heavy atom. The molecule has 2 aromatic heterocycles. The van der Waals surface area contributed by atoms with Crippen molar-refractivity contribution in [3.8, 4) is 0 Å². The Bertz CT molecular complexity index is 854. The minimum absolute atomic E-state index is 0.123. The van der Waals surface area contributed by atoms with E-state index >= 15 is 0 Å². The van der Waals surface area contributed by atoms with E-state index in [-0.39, 0.29) is 11.9 Å². The number of amides is 1. The van der Waals surface area contributed by atoms with Gasteiger partial charge in [-0.05, 0) is 42.5 Å². The predicted octanol–water partition coefficient (Wildman–Crippen LogP) is 2.68. The Morgan fingerprint density at radius 1 is 1.22 bits per heavy atom. The summed E-state index contributed by atoms with van der Waals surface area (Å²) >= 11 is 5.90. The number of carbonyl (C=O) groups is 1. The number of H-pyrrole nitrogens is 1. The number of nitrogens with zero attached hydrogens (tertiary/aromatic N) is 3. The number of aromatic nitrogens is 4. The van der Waals surface area contributed by atoms with Crippen LogP contribution in [0, 0.1) is 0 Å². The molecule has 0 unspecified atom stereocenters. The molecule has 7 heteroatoms. The van der Waals surface area contributed by atoms with Crippen molar-refractivity contribution in [2.24, 2.45) is 0 Å². The first-order valence-corrected chi connectivity index (χ1v) is 7.80. The number of nitrogens with one attached hydrogen (secondary N) is 2. The maximum Gasteiger partial charge on any atom is 0.253 e. The van der Waals surface area contributed by atoms with Crippen LogP contribution in [0.3, 0.4) is 0 Å². The first kappa shape index (κ1) is 14.1. The van der Waals surface area contributed by atoms with E-state index in [1.54, 1.807) is 6.07 Å². The van der Waals surface area contributed by atoms with E-state index in [1.807, 2.05) is 24.3 Å². The Balaban J connectivity index is 1.38. The minimum Gasteiger partial charge on any atom is -0.349 e. The van der Waals surface area contributed by atoms with Gasteiger partial charge in [-0.1, -0.05) is 23.7 Å². The number of carbonyl (C=O) groups excluding carboxylic acids is 1. The predicted molar refractivity (Wildman–Crippen MR) is 86.4 cm³/mol. The average Bonchev–Trinajstić information content (AvgIpc) is 2.99. The highest BCUT2D eigenvalue weighted by Gasteiger charge is 2.31. The number of benzene rings is 1. The Morgan fingerprint density at radius 3 is 2.78 bits per heavy atom. The second-order valence-corrected chi connectivity index (χ2v) is 6.22. The molecule has 1 fully saturated rings. The van der Waals surface area contributed by atoms with Crippen LogP contribution in [0.25, 0.3) is 11.2 Å². The van der Waals surface area contributed by atoms with E-state index in [2.05, 4.69) is 25.7 Å². The van der Waals surface area contributed by atoms with E-state index in [0.717, 1.165) is 17.9 Å². The fraction of sp³-hybridized carbons (Fsp3) is 0.250. The lowest BCUT2D eigenvalue weighted by atomic mass is 9.76. The zero-order valence-electron chi connectivity index (χ0n) is 12.2. The number of halogens is 1. The molecule has 0 bridgehead atoms. The first-order chi connectivity index (χ1) is 11.2. The van der Waals surface area contributed by atoms with Crippen molar-refractivity contribution in [3.05, 3.63) is 52.7 Å². The van der Waals surface area contributed by atoms with Crippen molar-refractivity contribution >= 4 is 28.7 Å². The lowest BCUT2D eigenvalue weighted by molar-refractivity contribution is 0.0908. The third-order valence-electron chi connectivity index (χ3n) is 4.25. The molecule has 23 heavy (non-hydrogen) atoms. The van der Waals surface area contributed by atoms with E-state index in [1.165, 1.54) is 11.8 Å². The van der Waals surface area contributed by atoms with Crippen LogP contribution in [-0.4, -0.2) is 32.3 Å². The van der Waals surface area contributed by atoms with Gasteiger partial charge in [-0.25, -0.2) is 4.98 Å². The van der Waals surface area contributed by atoms with Crippen molar-refractivity contribution in [3.63, 3.8) is 0 Å². The Labute approximate surface area is 137 Å². The second kappa shape index (κ2) is 5.62. The lowest BCUT2D eigenvalue weighted by Crippen LogP contribution is -2.43. The number of rotatable bonds is 3. The Kier molecular flexibility index (Phi) is 3.46. The van der Waals surface area contributed by atoms with Gasteiger partial charge in [0.1, 0.15) is 5.52 Å². The normalized spacial score (nSPS) is 20.2. The second-order valence-electron chi connectivity index (χ2n) is 5.78. The number of aromatic amines is 1. The quantitative estimate of drug-likeness (QED) is 0.774. The molecule has 0 spiro atoms. The summed E-state index contributed by atoms with van der Waals surface area (Å²) in [6.07, 6.45) is 3.40. The molecule has 0 aliphatic heterocycles. The third-order valence-corrected chi connectivity index (χ3v) is 4.50. The van der Waals surface area contributed by atoms with Crippen LogP contribution in [0.2, 0.25) is 5.02 Å². The molecule has 116 valence electrons. The standard InChI is InChI=1S/C16H14ClN5O/c17-12-3-1-9(2-4-12)10-5-13(6-10)19-16(23)11-7-14-15(18-8-11)21-22-20-14/h1-4,7-8,10,13H,5-6H2,(H,19,23)(H,18,20,21,22). The van der Waals surface area contributed by atoms with Crippen LogP contribution in [-0.2, 0) is 0 Å². The van der Waals surface area contributed by atoms with Crippen LogP contribution in [0.1, 0.15) is 34.7 Å². The summed E-state index contributed by atoms with van der Waals surface area (Å²) in [4.78, 5) is 16.4. The van der Waals surface area contributed by atoms with Gasteiger partial charge in [0.25, 0.3) is 5.91 Å². The third kappa shape index (κ3) is 2.77. The monoisotopic (exact) mass is 327 g/mol. The average molecular weight is 328 g/mol. The highest BCUT2D eigenvalue weighted by atomic mass is 35.5. The van der Waals surface area contributed by atoms with Gasteiger partial charge >= 0.3 is 0 Å². The van der Waals surface area contributed by atoms with Crippen LogP contribution in [0.15, 0.2) is 36.5 Å². The Hall–Kier alpha value is -2.47. The van der Waals surface area contributed by atoms with Gasteiger partial charge in [0.15, 0.2) is 0 Å². The molecule has 1 saturated carbocycles. The molecule has 1 amide bonds. The number of hydrogen-bond acceptors (Lipinski definition) is 4. The smallest absolute Gasteiger partial charge is 0.253 e. The maximum absolute atomic E-state index is 12.3. The van der Waals surface area contributed by atoms with Gasteiger partial charge < -0.3 is 5.32 Å². The fourth-order valence-electron chi connectivity index (χ4n) is 2.88. The van der Waals surface area contributed by atoms with Gasteiger partial charge in [0, 0.05) is 17.3 Å². The molecule has 0 saturated heterocycles. The summed E-state index contributed by atoms with van der Waals surface area (Å²) in [5.74, 6) is 0.357. The molecular weight excluding hydrogens is 314 g/mol. The van der Waals surface area contributed by atoms with Gasteiger partial charge in [0.05, 0.1) is 5.56 Å². The van der Waals surface area contributed by atoms with E-state index in [4.69, 9.17) is 11.6 Å². The summed E-state index contributed by atoms with van der Waals surface area (Å²) in [7, 11) is 0. The summed E-state index contributed by atoms with van der Waals surface area (Å²) < 4.78 is 0. The first-order valence-electron chi connectivity index (χ1n) is 7.42. The lowest BCUT2D eigenvalue weighted by Gasteiger charge is -2.36. The molecule has 2 N–H and O–H groups in total. The molecule has 3 aromatic rings. The molecule has 0 atom stereocenters. The van der Waals surface area contributed by atoms with Crippen molar-refractivity contribution < 1.29 is 4.79 Å². The van der Waals surface area contributed by atoms with Gasteiger partial charge in [-0.15, -0.1) is 5.10 Å². The number of hydrogen-bond donors (Lipinski definition) is 2.